The first-order valence-electron chi connectivity index (χ1n) is 7.80. The fourth-order valence-electron chi connectivity index (χ4n) is 2.58. The van der Waals surface area contributed by atoms with Crippen LogP contribution in [-0.4, -0.2) is 23.0 Å². The zero-order valence-electron chi connectivity index (χ0n) is 14.3. The number of carbonyl (C=O) groups excluding carboxylic acids is 1. The van der Waals surface area contributed by atoms with Crippen molar-refractivity contribution < 1.29 is 14.3 Å². The highest BCUT2D eigenvalue weighted by atomic mass is 16.5. The molecule has 3 aromatic rings. The maximum absolute atomic E-state index is 12.2. The molecule has 0 bridgehead atoms. The Kier molecular flexibility index (Phi) is 4.52. The summed E-state index contributed by atoms with van der Waals surface area (Å²) in [7, 11) is 1.55. The number of para-hydroxylation sites is 1. The number of benzene rings is 2. The first kappa shape index (κ1) is 16.7. The van der Waals surface area contributed by atoms with Crippen LogP contribution in [0.25, 0.3) is 10.9 Å². The SMILES string of the molecule is COc1cc(C(=O)OCc2nc3c(C)cccc3c(=O)[nH]2)ccc1C. The molecule has 0 aliphatic heterocycles. The quantitative estimate of drug-likeness (QED) is 0.740. The van der Waals surface area contributed by atoms with Gasteiger partial charge in [-0.05, 0) is 43.2 Å². The van der Waals surface area contributed by atoms with Gasteiger partial charge in [-0.1, -0.05) is 18.2 Å². The molecule has 0 atom stereocenters. The first-order chi connectivity index (χ1) is 12.0. The molecule has 0 amide bonds. The van der Waals surface area contributed by atoms with Gasteiger partial charge in [-0.15, -0.1) is 0 Å². The van der Waals surface area contributed by atoms with E-state index in [1.54, 1.807) is 37.4 Å². The lowest BCUT2D eigenvalue weighted by Crippen LogP contribution is -2.15. The lowest BCUT2D eigenvalue weighted by atomic mass is 10.1. The monoisotopic (exact) mass is 338 g/mol. The number of H-pyrrole nitrogens is 1. The van der Waals surface area contributed by atoms with Crippen molar-refractivity contribution in [3.8, 4) is 5.75 Å². The summed E-state index contributed by atoms with van der Waals surface area (Å²) in [6, 6.07) is 10.5. The number of hydrogen-bond donors (Lipinski definition) is 1. The Morgan fingerprint density at radius 3 is 2.72 bits per heavy atom. The molecular formula is C19H18N2O4. The Hall–Kier alpha value is -3.15. The van der Waals surface area contributed by atoms with Gasteiger partial charge in [-0.25, -0.2) is 9.78 Å². The topological polar surface area (TPSA) is 81.3 Å². The summed E-state index contributed by atoms with van der Waals surface area (Å²) in [5, 5.41) is 0.512. The van der Waals surface area contributed by atoms with Gasteiger partial charge in [-0.2, -0.15) is 0 Å². The maximum Gasteiger partial charge on any atom is 0.338 e. The summed E-state index contributed by atoms with van der Waals surface area (Å²) >= 11 is 0. The molecule has 0 aliphatic carbocycles. The van der Waals surface area contributed by atoms with Crippen molar-refractivity contribution >= 4 is 16.9 Å². The first-order valence-corrected chi connectivity index (χ1v) is 7.80. The van der Waals surface area contributed by atoms with E-state index in [-0.39, 0.29) is 12.2 Å². The van der Waals surface area contributed by atoms with E-state index in [2.05, 4.69) is 9.97 Å². The van der Waals surface area contributed by atoms with Gasteiger partial charge in [0.05, 0.1) is 23.6 Å². The number of hydrogen-bond acceptors (Lipinski definition) is 5. The second kappa shape index (κ2) is 6.76. The minimum Gasteiger partial charge on any atom is -0.496 e. The number of nitrogens with zero attached hydrogens (tertiary/aromatic N) is 1. The second-order valence-corrected chi connectivity index (χ2v) is 5.74. The van der Waals surface area contributed by atoms with Crippen molar-refractivity contribution in [1.29, 1.82) is 0 Å². The van der Waals surface area contributed by atoms with Crippen molar-refractivity contribution in [2.45, 2.75) is 20.5 Å². The summed E-state index contributed by atoms with van der Waals surface area (Å²) in [4.78, 5) is 31.4. The van der Waals surface area contributed by atoms with Crippen LogP contribution in [0, 0.1) is 13.8 Å². The van der Waals surface area contributed by atoms with E-state index >= 15 is 0 Å². The number of aryl methyl sites for hydroxylation is 2. The third-order valence-electron chi connectivity index (χ3n) is 3.97. The highest BCUT2D eigenvalue weighted by Gasteiger charge is 2.12. The van der Waals surface area contributed by atoms with Crippen LogP contribution in [0.5, 0.6) is 5.75 Å². The van der Waals surface area contributed by atoms with Crippen LogP contribution in [0.4, 0.5) is 0 Å². The van der Waals surface area contributed by atoms with Gasteiger partial charge < -0.3 is 14.5 Å². The molecule has 6 nitrogen and oxygen atoms in total. The average Bonchev–Trinajstić information content (AvgIpc) is 2.61. The number of ether oxygens (including phenoxy) is 2. The maximum atomic E-state index is 12.2. The number of methoxy groups -OCH3 is 1. The summed E-state index contributed by atoms with van der Waals surface area (Å²) in [6.07, 6.45) is 0. The molecule has 6 heteroatoms. The highest BCUT2D eigenvalue weighted by Crippen LogP contribution is 2.20. The van der Waals surface area contributed by atoms with Crippen molar-refractivity contribution in [2.24, 2.45) is 0 Å². The molecule has 0 unspecified atom stereocenters. The van der Waals surface area contributed by atoms with Gasteiger partial charge in [-0.3, -0.25) is 4.79 Å². The van der Waals surface area contributed by atoms with Gasteiger partial charge in [0.1, 0.15) is 18.2 Å². The number of aromatic amines is 1. The lowest BCUT2D eigenvalue weighted by Gasteiger charge is -2.09. The minimum atomic E-state index is -0.508. The van der Waals surface area contributed by atoms with Crippen molar-refractivity contribution in [2.75, 3.05) is 7.11 Å². The van der Waals surface area contributed by atoms with Gasteiger partial charge in [0.2, 0.25) is 0 Å². The summed E-state index contributed by atoms with van der Waals surface area (Å²) in [5.74, 6) is 0.410. The molecule has 25 heavy (non-hydrogen) atoms. The van der Waals surface area contributed by atoms with Crippen molar-refractivity contribution in [3.05, 3.63) is 69.3 Å². The fourth-order valence-corrected chi connectivity index (χ4v) is 2.58. The van der Waals surface area contributed by atoms with E-state index in [4.69, 9.17) is 9.47 Å². The van der Waals surface area contributed by atoms with Crippen LogP contribution < -0.4 is 10.3 Å². The van der Waals surface area contributed by atoms with Gasteiger partial charge in [0.25, 0.3) is 5.56 Å². The van der Waals surface area contributed by atoms with Crippen LogP contribution in [0.3, 0.4) is 0 Å². The van der Waals surface area contributed by atoms with Gasteiger partial charge in [0.15, 0.2) is 0 Å². The molecule has 1 N–H and O–H groups in total. The predicted molar refractivity (Wildman–Crippen MR) is 94.0 cm³/mol. The molecule has 0 fully saturated rings. The molecule has 0 aliphatic rings. The van der Waals surface area contributed by atoms with Gasteiger partial charge >= 0.3 is 5.97 Å². The molecule has 2 aromatic carbocycles. The summed E-state index contributed by atoms with van der Waals surface area (Å²) in [5.41, 5.74) is 2.54. The number of aromatic nitrogens is 2. The zero-order valence-corrected chi connectivity index (χ0v) is 14.3. The van der Waals surface area contributed by atoms with E-state index in [9.17, 15) is 9.59 Å². The van der Waals surface area contributed by atoms with E-state index in [1.165, 1.54) is 0 Å². The number of fused-ring (bicyclic) bond motifs is 1. The number of esters is 1. The van der Waals surface area contributed by atoms with Crippen molar-refractivity contribution in [1.82, 2.24) is 9.97 Å². The van der Waals surface area contributed by atoms with Crippen LogP contribution in [0.1, 0.15) is 27.3 Å². The predicted octanol–water partition coefficient (Wildman–Crippen LogP) is 2.91. The highest BCUT2D eigenvalue weighted by molar-refractivity contribution is 5.90. The van der Waals surface area contributed by atoms with E-state index < -0.39 is 5.97 Å². The minimum absolute atomic E-state index is 0.117. The molecule has 128 valence electrons. The summed E-state index contributed by atoms with van der Waals surface area (Å²) < 4.78 is 10.5. The largest absolute Gasteiger partial charge is 0.496 e. The summed E-state index contributed by atoms with van der Waals surface area (Å²) in [6.45, 7) is 3.65. The number of carbonyl (C=O) groups is 1. The lowest BCUT2D eigenvalue weighted by molar-refractivity contribution is 0.0462. The van der Waals surface area contributed by atoms with E-state index in [0.717, 1.165) is 11.1 Å². The Morgan fingerprint density at radius 2 is 1.96 bits per heavy atom. The Balaban J connectivity index is 1.82. The van der Waals surface area contributed by atoms with E-state index in [1.807, 2.05) is 19.9 Å². The van der Waals surface area contributed by atoms with Crippen molar-refractivity contribution in [3.63, 3.8) is 0 Å². The Labute approximate surface area is 144 Å². The average molecular weight is 338 g/mol. The third kappa shape index (κ3) is 3.38. The third-order valence-corrected chi connectivity index (χ3v) is 3.97. The molecule has 0 spiro atoms. The Bertz CT molecular complexity index is 1010. The van der Waals surface area contributed by atoms with Crippen LogP contribution in [0.15, 0.2) is 41.2 Å². The van der Waals surface area contributed by atoms with Crippen LogP contribution >= 0.6 is 0 Å². The molecule has 1 aromatic heterocycles. The van der Waals surface area contributed by atoms with Gasteiger partial charge in [0, 0.05) is 0 Å². The molecule has 0 saturated carbocycles. The molecular weight excluding hydrogens is 320 g/mol. The fraction of sp³-hybridized carbons (Fsp3) is 0.211. The molecule has 1 heterocycles. The standard InChI is InChI=1S/C19H18N2O4/c1-11-7-8-13(9-15(11)24-3)19(23)25-10-16-20-17-12(2)5-4-6-14(17)18(22)21-16/h4-9H,10H2,1-3H3,(H,20,21,22). The van der Waals surface area contributed by atoms with E-state index in [0.29, 0.717) is 28.0 Å². The smallest absolute Gasteiger partial charge is 0.338 e. The number of rotatable bonds is 4. The molecule has 3 rings (SSSR count). The zero-order chi connectivity index (χ0) is 18.0. The van der Waals surface area contributed by atoms with Crippen LogP contribution in [0.2, 0.25) is 0 Å². The Morgan fingerprint density at radius 1 is 1.16 bits per heavy atom. The normalized spacial score (nSPS) is 10.7. The molecule has 0 radical (unpaired) electrons. The second-order valence-electron chi connectivity index (χ2n) is 5.74. The molecule has 0 saturated heterocycles. The van der Waals surface area contributed by atoms with Crippen LogP contribution in [-0.2, 0) is 11.3 Å². The number of nitrogens with one attached hydrogen (secondary N) is 1.